The monoisotopic (exact) mass is 239 g/mol. The Bertz CT molecular complexity index is 268. The Hall–Kier alpha value is -1.08. The summed E-state index contributed by atoms with van der Waals surface area (Å²) in [5, 5.41) is 11.7. The van der Waals surface area contributed by atoms with E-state index in [1.54, 1.807) is 0 Å². The van der Waals surface area contributed by atoms with Gasteiger partial charge < -0.3 is 10.2 Å². The third-order valence-electron chi connectivity index (χ3n) is 2.96. The first-order chi connectivity index (χ1) is 7.90. The topological polar surface area (TPSA) is 56.1 Å². The van der Waals surface area contributed by atoms with Gasteiger partial charge in [0.2, 0.25) is 5.91 Å². The maximum atomic E-state index is 11.6. The number of carbonyl (C=O) groups is 1. The highest BCUT2D eigenvalue weighted by atomic mass is 16.1. The van der Waals surface area contributed by atoms with Crippen LogP contribution < -0.4 is 5.32 Å². The van der Waals surface area contributed by atoms with Crippen LogP contribution in [0.4, 0.5) is 0 Å². The predicted molar refractivity (Wildman–Crippen MR) is 69.3 cm³/mol. The van der Waals surface area contributed by atoms with Gasteiger partial charge in [-0.25, -0.2) is 0 Å². The van der Waals surface area contributed by atoms with Gasteiger partial charge in [0.1, 0.15) is 5.92 Å². The van der Waals surface area contributed by atoms with Gasteiger partial charge in [-0.15, -0.1) is 0 Å². The van der Waals surface area contributed by atoms with Crippen molar-refractivity contribution in [3.8, 4) is 6.07 Å². The molecule has 0 aliphatic carbocycles. The van der Waals surface area contributed by atoms with Crippen molar-refractivity contribution in [1.82, 2.24) is 10.2 Å². The van der Waals surface area contributed by atoms with E-state index in [4.69, 9.17) is 5.26 Å². The Labute approximate surface area is 105 Å². The zero-order valence-corrected chi connectivity index (χ0v) is 11.7. The molecule has 0 saturated carbocycles. The maximum absolute atomic E-state index is 11.6. The minimum Gasteiger partial charge on any atom is -0.355 e. The number of amides is 1. The minimum absolute atomic E-state index is 0.0679. The molecule has 0 aromatic rings. The molecule has 1 unspecified atom stereocenters. The number of hydrogen-bond donors (Lipinski definition) is 1. The van der Waals surface area contributed by atoms with Gasteiger partial charge in [0.25, 0.3) is 0 Å². The number of nitriles is 1. The van der Waals surface area contributed by atoms with Crippen LogP contribution in [-0.2, 0) is 4.79 Å². The van der Waals surface area contributed by atoms with Crippen molar-refractivity contribution in [2.45, 2.75) is 40.2 Å². The van der Waals surface area contributed by atoms with Gasteiger partial charge in [-0.3, -0.25) is 4.79 Å². The van der Waals surface area contributed by atoms with Crippen LogP contribution >= 0.6 is 0 Å². The first kappa shape index (κ1) is 15.9. The fraction of sp³-hybridized carbons (Fsp3) is 0.846. The first-order valence-electron chi connectivity index (χ1n) is 6.27. The van der Waals surface area contributed by atoms with Crippen LogP contribution in [0.1, 0.15) is 34.1 Å². The Kier molecular flexibility index (Phi) is 7.56. The Morgan fingerprint density at radius 1 is 1.35 bits per heavy atom. The van der Waals surface area contributed by atoms with E-state index < -0.39 is 5.92 Å². The molecular formula is C13H25N3O. The fourth-order valence-electron chi connectivity index (χ4n) is 1.42. The van der Waals surface area contributed by atoms with Crippen LogP contribution in [0.5, 0.6) is 0 Å². The molecule has 0 spiro atoms. The summed E-state index contributed by atoms with van der Waals surface area (Å²) in [6, 6.07) is 2.57. The van der Waals surface area contributed by atoms with Crippen LogP contribution in [0, 0.1) is 23.2 Å². The summed E-state index contributed by atoms with van der Waals surface area (Å²) in [7, 11) is 2.07. The molecule has 0 aromatic carbocycles. The Balaban J connectivity index is 3.83. The average molecular weight is 239 g/mol. The molecule has 0 aliphatic rings. The molecule has 1 atom stereocenters. The normalized spacial score (nSPS) is 12.9. The SMILES string of the molecule is CC(C)C(C#N)C(=O)NCCCN(C)C(C)C. The van der Waals surface area contributed by atoms with Crippen molar-refractivity contribution in [3.63, 3.8) is 0 Å². The molecule has 0 rings (SSSR count). The fourth-order valence-corrected chi connectivity index (χ4v) is 1.42. The summed E-state index contributed by atoms with van der Waals surface area (Å²) in [5.74, 6) is -0.606. The van der Waals surface area contributed by atoms with Gasteiger partial charge in [0.05, 0.1) is 6.07 Å². The second-order valence-corrected chi connectivity index (χ2v) is 5.07. The predicted octanol–water partition coefficient (Wildman–Crippen LogP) is 1.63. The van der Waals surface area contributed by atoms with Crippen molar-refractivity contribution < 1.29 is 4.79 Å². The molecular weight excluding hydrogens is 214 g/mol. The third kappa shape index (κ3) is 6.28. The van der Waals surface area contributed by atoms with Crippen LogP contribution in [0.2, 0.25) is 0 Å². The molecule has 0 radical (unpaired) electrons. The highest BCUT2D eigenvalue weighted by Gasteiger charge is 2.20. The lowest BCUT2D eigenvalue weighted by Crippen LogP contribution is -2.35. The molecule has 0 heterocycles. The van der Waals surface area contributed by atoms with E-state index in [-0.39, 0.29) is 11.8 Å². The number of hydrogen-bond acceptors (Lipinski definition) is 3. The molecule has 17 heavy (non-hydrogen) atoms. The van der Waals surface area contributed by atoms with Gasteiger partial charge in [0.15, 0.2) is 0 Å². The second kappa shape index (κ2) is 8.08. The lowest BCUT2D eigenvalue weighted by atomic mass is 9.97. The van der Waals surface area contributed by atoms with Crippen molar-refractivity contribution >= 4 is 5.91 Å². The zero-order chi connectivity index (χ0) is 13.4. The molecule has 0 saturated heterocycles. The van der Waals surface area contributed by atoms with E-state index in [2.05, 4.69) is 31.1 Å². The first-order valence-corrected chi connectivity index (χ1v) is 6.27. The van der Waals surface area contributed by atoms with E-state index in [1.807, 2.05) is 19.9 Å². The lowest BCUT2D eigenvalue weighted by molar-refractivity contribution is -0.124. The zero-order valence-electron chi connectivity index (χ0n) is 11.7. The van der Waals surface area contributed by atoms with Crippen LogP contribution in [0.25, 0.3) is 0 Å². The summed E-state index contributed by atoms with van der Waals surface area (Å²) in [6.07, 6.45) is 0.913. The molecule has 0 aliphatic heterocycles. The summed E-state index contributed by atoms with van der Waals surface area (Å²) >= 11 is 0. The quantitative estimate of drug-likeness (QED) is 0.687. The highest BCUT2D eigenvalue weighted by molar-refractivity contribution is 5.81. The van der Waals surface area contributed by atoms with E-state index in [9.17, 15) is 4.79 Å². The molecule has 0 fully saturated rings. The smallest absolute Gasteiger partial charge is 0.237 e. The molecule has 1 amide bonds. The highest BCUT2D eigenvalue weighted by Crippen LogP contribution is 2.09. The van der Waals surface area contributed by atoms with E-state index in [0.717, 1.165) is 13.0 Å². The van der Waals surface area contributed by atoms with Crippen molar-refractivity contribution in [1.29, 1.82) is 5.26 Å². The molecule has 4 nitrogen and oxygen atoms in total. The molecule has 0 aromatic heterocycles. The maximum Gasteiger partial charge on any atom is 0.237 e. The summed E-state index contributed by atoms with van der Waals surface area (Å²) in [6.45, 7) is 9.66. The average Bonchev–Trinajstić information content (AvgIpc) is 2.24. The number of carbonyl (C=O) groups excluding carboxylic acids is 1. The van der Waals surface area contributed by atoms with Crippen molar-refractivity contribution in [3.05, 3.63) is 0 Å². The summed E-state index contributed by atoms with van der Waals surface area (Å²) < 4.78 is 0. The van der Waals surface area contributed by atoms with Gasteiger partial charge in [0, 0.05) is 12.6 Å². The van der Waals surface area contributed by atoms with Gasteiger partial charge in [-0.05, 0) is 39.8 Å². The largest absolute Gasteiger partial charge is 0.355 e. The Morgan fingerprint density at radius 3 is 2.35 bits per heavy atom. The van der Waals surface area contributed by atoms with Gasteiger partial charge in [-0.2, -0.15) is 5.26 Å². The van der Waals surface area contributed by atoms with Gasteiger partial charge >= 0.3 is 0 Å². The number of nitrogens with one attached hydrogen (secondary N) is 1. The molecule has 98 valence electrons. The van der Waals surface area contributed by atoms with Crippen LogP contribution in [0.3, 0.4) is 0 Å². The standard InChI is InChI=1S/C13H25N3O/c1-10(2)12(9-14)13(17)15-7-6-8-16(5)11(3)4/h10-12H,6-8H2,1-5H3,(H,15,17). The summed E-state index contributed by atoms with van der Waals surface area (Å²) in [4.78, 5) is 13.9. The summed E-state index contributed by atoms with van der Waals surface area (Å²) in [5.41, 5.74) is 0. The minimum atomic E-state index is -0.530. The molecule has 1 N–H and O–H groups in total. The Morgan fingerprint density at radius 2 is 1.94 bits per heavy atom. The van der Waals surface area contributed by atoms with Crippen molar-refractivity contribution in [2.75, 3.05) is 20.1 Å². The number of nitrogens with zero attached hydrogens (tertiary/aromatic N) is 2. The second-order valence-electron chi connectivity index (χ2n) is 5.07. The van der Waals surface area contributed by atoms with E-state index >= 15 is 0 Å². The lowest BCUT2D eigenvalue weighted by Gasteiger charge is -2.21. The van der Waals surface area contributed by atoms with Crippen LogP contribution in [0.15, 0.2) is 0 Å². The number of rotatable bonds is 7. The molecule has 0 bridgehead atoms. The van der Waals surface area contributed by atoms with Crippen LogP contribution in [-0.4, -0.2) is 37.0 Å². The molecule has 4 heteroatoms. The van der Waals surface area contributed by atoms with Crippen molar-refractivity contribution in [2.24, 2.45) is 11.8 Å². The van der Waals surface area contributed by atoms with Gasteiger partial charge in [-0.1, -0.05) is 13.8 Å². The third-order valence-corrected chi connectivity index (χ3v) is 2.96. The van der Waals surface area contributed by atoms with E-state index in [1.165, 1.54) is 0 Å². The van der Waals surface area contributed by atoms with E-state index in [0.29, 0.717) is 12.6 Å².